The minimum Gasteiger partial charge on any atom is -0.358 e. The molecule has 0 aliphatic carbocycles. The third-order valence-electron chi connectivity index (χ3n) is 4.29. The summed E-state index contributed by atoms with van der Waals surface area (Å²) in [7, 11) is 3.42. The zero-order chi connectivity index (χ0) is 20.0. The molecule has 0 aliphatic heterocycles. The van der Waals surface area contributed by atoms with Crippen molar-refractivity contribution in [2.24, 2.45) is 0 Å². The van der Waals surface area contributed by atoms with Crippen LogP contribution in [0, 0.1) is 17.0 Å². The summed E-state index contributed by atoms with van der Waals surface area (Å²) in [6, 6.07) is 1.35. The molecule has 0 unspecified atom stereocenters. The molecule has 12 heteroatoms. The van der Waals surface area contributed by atoms with Crippen molar-refractivity contribution in [3.05, 3.63) is 45.0 Å². The highest BCUT2D eigenvalue weighted by Gasteiger charge is 2.21. The van der Waals surface area contributed by atoms with Crippen molar-refractivity contribution < 1.29 is 9.72 Å². The maximum absolute atomic E-state index is 12.4. The number of carbonyl (C=O) groups excluding carboxylic acids is 1. The average Bonchev–Trinajstić information content (AvgIpc) is 3.35. The monoisotopic (exact) mass is 400 g/mol. The lowest BCUT2D eigenvalue weighted by atomic mass is 10.2. The molecule has 11 nitrogen and oxygen atoms in total. The molecule has 0 spiro atoms. The van der Waals surface area contributed by atoms with Crippen LogP contribution in [-0.2, 0) is 13.0 Å². The van der Waals surface area contributed by atoms with Gasteiger partial charge in [0.2, 0.25) is 0 Å². The van der Waals surface area contributed by atoms with Gasteiger partial charge in [0.1, 0.15) is 11.2 Å². The van der Waals surface area contributed by atoms with Crippen LogP contribution < -0.4 is 0 Å². The molecule has 4 heterocycles. The second-order valence-electron chi connectivity index (χ2n) is 6.42. The van der Waals surface area contributed by atoms with Gasteiger partial charge in [-0.2, -0.15) is 4.68 Å². The van der Waals surface area contributed by atoms with Crippen molar-refractivity contribution in [3.8, 4) is 0 Å². The molecule has 0 fully saturated rings. The smallest absolute Gasteiger partial charge is 0.358 e. The normalized spacial score (nSPS) is 11.4. The highest BCUT2D eigenvalue weighted by Crippen LogP contribution is 2.32. The number of carbonyl (C=O) groups is 1. The van der Waals surface area contributed by atoms with Crippen LogP contribution in [0.25, 0.3) is 15.9 Å². The molecule has 144 valence electrons. The average molecular weight is 400 g/mol. The highest BCUT2D eigenvalue weighted by molar-refractivity contribution is 7.20. The molecular weight excluding hydrogens is 384 g/mol. The van der Waals surface area contributed by atoms with Crippen LogP contribution in [0.2, 0.25) is 0 Å². The molecular formula is C16H16N8O3S. The Labute approximate surface area is 162 Å². The molecule has 0 N–H and O–H groups in total. The second kappa shape index (κ2) is 6.64. The lowest BCUT2D eigenvalue weighted by Crippen LogP contribution is -2.21. The molecule has 0 atom stereocenters. The Morgan fingerprint density at radius 2 is 2.14 bits per heavy atom. The summed E-state index contributed by atoms with van der Waals surface area (Å²) in [5.41, 5.74) is 1.47. The first-order chi connectivity index (χ1) is 13.3. The number of thiophene rings is 1. The van der Waals surface area contributed by atoms with E-state index in [-0.39, 0.29) is 11.7 Å². The zero-order valence-electron chi connectivity index (χ0n) is 15.4. The molecule has 0 aromatic carbocycles. The molecule has 0 saturated carbocycles. The summed E-state index contributed by atoms with van der Waals surface area (Å²) in [5, 5.41) is 19.8. The summed E-state index contributed by atoms with van der Waals surface area (Å²) in [6.45, 7) is 2.29. The van der Waals surface area contributed by atoms with Crippen LogP contribution in [0.4, 0.5) is 5.82 Å². The minimum absolute atomic E-state index is 0.0707. The number of rotatable bonds is 5. The Balaban J connectivity index is 1.67. The molecule has 4 aromatic heterocycles. The summed E-state index contributed by atoms with van der Waals surface area (Å²) in [4.78, 5) is 34.5. The first kappa shape index (κ1) is 18.0. The predicted molar refractivity (Wildman–Crippen MR) is 102 cm³/mol. The van der Waals surface area contributed by atoms with Gasteiger partial charge in [-0.15, -0.1) is 16.4 Å². The summed E-state index contributed by atoms with van der Waals surface area (Å²) >= 11 is 1.34. The van der Waals surface area contributed by atoms with Crippen molar-refractivity contribution in [2.45, 2.75) is 19.9 Å². The van der Waals surface area contributed by atoms with E-state index >= 15 is 0 Å². The third-order valence-corrected chi connectivity index (χ3v) is 5.48. The maximum atomic E-state index is 12.4. The highest BCUT2D eigenvalue weighted by atomic mass is 32.1. The number of aryl methyl sites for hydroxylation is 3. The summed E-state index contributed by atoms with van der Waals surface area (Å²) in [6.07, 6.45) is 3.58. The van der Waals surface area contributed by atoms with Crippen LogP contribution in [0.5, 0.6) is 0 Å². The van der Waals surface area contributed by atoms with Gasteiger partial charge >= 0.3 is 5.82 Å². The standard InChI is InChI=1S/C16H16N8O3S/c1-9-12-14-18-10(4-6-22-7-5-11(20-22)24(26)27)19-23(14)8-17-15(12)28-13(9)16(25)21(2)3/h5,7-8H,4,6H2,1-3H3. The minimum atomic E-state index is -0.534. The van der Waals surface area contributed by atoms with E-state index in [2.05, 4.69) is 20.2 Å². The van der Waals surface area contributed by atoms with E-state index < -0.39 is 4.92 Å². The van der Waals surface area contributed by atoms with Crippen molar-refractivity contribution in [1.82, 2.24) is 34.3 Å². The lowest BCUT2D eigenvalue weighted by Gasteiger charge is -2.08. The predicted octanol–water partition coefficient (Wildman–Crippen LogP) is 1.70. The van der Waals surface area contributed by atoms with Crippen molar-refractivity contribution >= 4 is 38.9 Å². The topological polar surface area (TPSA) is 124 Å². The number of nitro groups is 1. The fourth-order valence-corrected chi connectivity index (χ4v) is 4.04. The van der Waals surface area contributed by atoms with Crippen LogP contribution in [0.3, 0.4) is 0 Å². The lowest BCUT2D eigenvalue weighted by molar-refractivity contribution is -0.389. The van der Waals surface area contributed by atoms with E-state index in [1.54, 1.807) is 31.1 Å². The Morgan fingerprint density at radius 3 is 2.82 bits per heavy atom. The van der Waals surface area contributed by atoms with Crippen molar-refractivity contribution in [3.63, 3.8) is 0 Å². The third kappa shape index (κ3) is 2.97. The van der Waals surface area contributed by atoms with Gasteiger partial charge in [-0.1, -0.05) is 0 Å². The number of hydrogen-bond acceptors (Lipinski definition) is 8. The molecule has 4 rings (SSSR count). The summed E-state index contributed by atoms with van der Waals surface area (Å²) in [5.74, 6) is 0.304. The first-order valence-electron chi connectivity index (χ1n) is 8.38. The number of aromatic nitrogens is 6. The van der Waals surface area contributed by atoms with Gasteiger partial charge in [0, 0.05) is 20.5 Å². The van der Waals surface area contributed by atoms with E-state index in [1.807, 2.05) is 6.92 Å². The molecule has 0 bridgehead atoms. The van der Waals surface area contributed by atoms with Crippen molar-refractivity contribution in [2.75, 3.05) is 14.1 Å². The Hall–Kier alpha value is -3.41. The quantitative estimate of drug-likeness (QED) is 0.369. The van der Waals surface area contributed by atoms with Crippen molar-refractivity contribution in [1.29, 1.82) is 0 Å². The second-order valence-corrected chi connectivity index (χ2v) is 7.42. The Morgan fingerprint density at radius 1 is 1.36 bits per heavy atom. The number of fused-ring (bicyclic) bond motifs is 3. The van der Waals surface area contributed by atoms with E-state index in [0.29, 0.717) is 29.3 Å². The van der Waals surface area contributed by atoms with Crippen LogP contribution in [0.1, 0.15) is 21.1 Å². The van der Waals surface area contributed by atoms with Crippen LogP contribution >= 0.6 is 11.3 Å². The van der Waals surface area contributed by atoms with E-state index in [4.69, 9.17) is 0 Å². The number of hydrogen-bond donors (Lipinski definition) is 0. The number of nitrogens with zero attached hydrogens (tertiary/aromatic N) is 8. The van der Waals surface area contributed by atoms with E-state index in [0.717, 1.165) is 15.8 Å². The van der Waals surface area contributed by atoms with Crippen LogP contribution in [0.15, 0.2) is 18.6 Å². The molecule has 0 saturated heterocycles. The molecule has 28 heavy (non-hydrogen) atoms. The fourth-order valence-electron chi connectivity index (χ4n) is 2.88. The van der Waals surface area contributed by atoms with Gasteiger partial charge in [0.15, 0.2) is 11.5 Å². The molecule has 1 amide bonds. The molecule has 0 aliphatic rings. The van der Waals surface area contributed by atoms with Crippen LogP contribution in [-0.4, -0.2) is 59.2 Å². The van der Waals surface area contributed by atoms with Gasteiger partial charge < -0.3 is 15.0 Å². The summed E-state index contributed by atoms with van der Waals surface area (Å²) < 4.78 is 3.08. The SMILES string of the molecule is Cc1c(C(=O)N(C)C)sc2ncn3nc(CCn4ccc([N+](=O)[O-])n4)nc3c12. The van der Waals surface area contributed by atoms with Gasteiger partial charge in [0.05, 0.1) is 34.2 Å². The van der Waals surface area contributed by atoms with E-state index in [1.165, 1.54) is 27.0 Å². The number of amides is 1. The van der Waals surface area contributed by atoms with Gasteiger partial charge in [-0.25, -0.2) is 14.5 Å². The maximum Gasteiger partial charge on any atom is 0.389 e. The zero-order valence-corrected chi connectivity index (χ0v) is 16.2. The molecule has 4 aromatic rings. The Bertz CT molecular complexity index is 1220. The first-order valence-corrected chi connectivity index (χ1v) is 9.19. The van der Waals surface area contributed by atoms with E-state index in [9.17, 15) is 14.9 Å². The molecule has 0 radical (unpaired) electrons. The Kier molecular flexibility index (Phi) is 4.26. The largest absolute Gasteiger partial charge is 0.389 e. The van der Waals surface area contributed by atoms with Gasteiger partial charge in [-0.05, 0) is 17.4 Å². The fraction of sp³-hybridized carbons (Fsp3) is 0.312. The van der Waals surface area contributed by atoms with Gasteiger partial charge in [-0.3, -0.25) is 4.79 Å². The van der Waals surface area contributed by atoms with Gasteiger partial charge in [0.25, 0.3) is 5.91 Å².